The zero-order chi connectivity index (χ0) is 17.3. The SMILES string of the molecule is N=C(N)[Se]Cc1ccc(CN2C(=O)C(=O)c3cccc(F)c32)cc1. The second-order valence-corrected chi connectivity index (χ2v) is 7.46. The number of carbonyl (C=O) groups excluding carboxylic acids is 2. The number of rotatable bonds is 5. The zero-order valence-electron chi connectivity index (χ0n) is 12.6. The van der Waals surface area contributed by atoms with E-state index in [9.17, 15) is 14.0 Å². The normalized spacial score (nSPS) is 13.3. The summed E-state index contributed by atoms with van der Waals surface area (Å²) >= 11 is -0.0685. The Kier molecular flexibility index (Phi) is 4.46. The zero-order valence-corrected chi connectivity index (χ0v) is 14.3. The Morgan fingerprint density at radius 3 is 2.46 bits per heavy atom. The molecule has 0 unspecified atom stereocenters. The number of hydrogen-bond acceptors (Lipinski definition) is 3. The van der Waals surface area contributed by atoms with E-state index in [0.29, 0.717) is 0 Å². The van der Waals surface area contributed by atoms with E-state index in [2.05, 4.69) is 0 Å². The number of carbonyl (C=O) groups is 2. The van der Waals surface area contributed by atoms with Gasteiger partial charge in [0.2, 0.25) is 0 Å². The molecule has 0 spiro atoms. The standard InChI is InChI=1S/C17H14FN3O2Se/c18-13-3-1-2-12-14(13)21(16(23)15(12)22)8-10-4-6-11(7-5-10)9-24-17(19)20/h1-7H,8-9H2,(H3,19,20). The van der Waals surface area contributed by atoms with Crippen LogP contribution in [0.4, 0.5) is 10.1 Å². The number of para-hydroxylation sites is 1. The van der Waals surface area contributed by atoms with Crippen molar-refractivity contribution >= 4 is 37.1 Å². The van der Waals surface area contributed by atoms with Crippen LogP contribution >= 0.6 is 0 Å². The number of amides is 1. The van der Waals surface area contributed by atoms with Gasteiger partial charge in [0.15, 0.2) is 0 Å². The third-order valence-electron chi connectivity index (χ3n) is 3.70. The Morgan fingerprint density at radius 1 is 1.12 bits per heavy atom. The molecular formula is C17H14FN3O2Se. The summed E-state index contributed by atoms with van der Waals surface area (Å²) in [6.07, 6.45) is 0. The Balaban J connectivity index is 1.81. The quantitative estimate of drug-likeness (QED) is 0.352. The van der Waals surface area contributed by atoms with Crippen molar-refractivity contribution in [2.75, 3.05) is 4.90 Å². The first-order valence-electron chi connectivity index (χ1n) is 7.16. The molecule has 122 valence electrons. The number of ketones is 1. The monoisotopic (exact) mass is 391 g/mol. The maximum atomic E-state index is 14.1. The first kappa shape index (κ1) is 16.4. The van der Waals surface area contributed by atoms with E-state index in [4.69, 9.17) is 11.1 Å². The molecule has 1 heterocycles. The van der Waals surface area contributed by atoms with Crippen LogP contribution < -0.4 is 10.6 Å². The topological polar surface area (TPSA) is 87.2 Å². The molecule has 2 aromatic carbocycles. The van der Waals surface area contributed by atoms with Gasteiger partial charge < -0.3 is 0 Å². The molecule has 2 aromatic rings. The van der Waals surface area contributed by atoms with Gasteiger partial charge in [0.25, 0.3) is 0 Å². The summed E-state index contributed by atoms with van der Waals surface area (Å²) < 4.78 is 14.2. The minimum atomic E-state index is -0.709. The summed E-state index contributed by atoms with van der Waals surface area (Å²) in [5.74, 6) is -1.96. The van der Waals surface area contributed by atoms with Crippen LogP contribution in [0.25, 0.3) is 0 Å². The van der Waals surface area contributed by atoms with Gasteiger partial charge in [0.1, 0.15) is 0 Å². The maximum absolute atomic E-state index is 14.1. The number of nitrogens with one attached hydrogen (secondary N) is 1. The summed E-state index contributed by atoms with van der Waals surface area (Å²) in [5, 5.41) is 7.98. The van der Waals surface area contributed by atoms with Crippen LogP contribution in [0.3, 0.4) is 0 Å². The van der Waals surface area contributed by atoms with E-state index in [-0.39, 0.29) is 37.5 Å². The van der Waals surface area contributed by atoms with Crippen molar-refractivity contribution in [2.45, 2.75) is 11.9 Å². The van der Waals surface area contributed by atoms with Gasteiger partial charge in [-0.25, -0.2) is 0 Å². The van der Waals surface area contributed by atoms with Crippen LogP contribution in [-0.2, 0) is 16.7 Å². The molecule has 0 bridgehead atoms. The molecule has 0 radical (unpaired) electrons. The van der Waals surface area contributed by atoms with Gasteiger partial charge in [-0.2, -0.15) is 0 Å². The fourth-order valence-corrected chi connectivity index (χ4v) is 3.63. The van der Waals surface area contributed by atoms with Gasteiger partial charge in [0, 0.05) is 0 Å². The first-order chi connectivity index (χ1) is 11.5. The van der Waals surface area contributed by atoms with Crippen molar-refractivity contribution < 1.29 is 14.0 Å². The number of nitrogens with two attached hydrogens (primary N) is 1. The second-order valence-electron chi connectivity index (χ2n) is 5.33. The van der Waals surface area contributed by atoms with Gasteiger partial charge in [-0.3, -0.25) is 0 Å². The average molecular weight is 390 g/mol. The van der Waals surface area contributed by atoms with Gasteiger partial charge in [-0.15, -0.1) is 0 Å². The predicted octanol–water partition coefficient (Wildman–Crippen LogP) is 1.65. The van der Waals surface area contributed by atoms with E-state index < -0.39 is 17.5 Å². The van der Waals surface area contributed by atoms with Crippen LogP contribution in [0, 0.1) is 11.2 Å². The van der Waals surface area contributed by atoms with Gasteiger partial charge in [-0.05, 0) is 0 Å². The van der Waals surface area contributed by atoms with Crippen molar-refractivity contribution in [1.82, 2.24) is 0 Å². The Labute approximate surface area is 144 Å². The number of benzene rings is 2. The summed E-state index contributed by atoms with van der Waals surface area (Å²) in [4.78, 5) is 25.3. The van der Waals surface area contributed by atoms with Crippen LogP contribution in [-0.4, -0.2) is 31.4 Å². The van der Waals surface area contributed by atoms with Crippen molar-refractivity contribution in [3.63, 3.8) is 0 Å². The number of nitrogens with zero attached hydrogens (tertiary/aromatic N) is 1. The molecule has 0 aliphatic carbocycles. The molecule has 3 N–H and O–H groups in total. The molecule has 0 aromatic heterocycles. The van der Waals surface area contributed by atoms with Gasteiger partial charge in [-0.1, -0.05) is 0 Å². The number of Topliss-reactive ketones (excluding diaryl/α,β-unsaturated/α-hetero) is 1. The van der Waals surface area contributed by atoms with Gasteiger partial charge >= 0.3 is 144 Å². The summed E-state index contributed by atoms with van der Waals surface area (Å²) in [6.45, 7) is 0.136. The fourth-order valence-electron chi connectivity index (χ4n) is 2.55. The van der Waals surface area contributed by atoms with Crippen molar-refractivity contribution in [3.8, 4) is 0 Å². The Morgan fingerprint density at radius 2 is 1.79 bits per heavy atom. The molecule has 0 fully saturated rings. The number of halogens is 1. The van der Waals surface area contributed by atoms with Crippen molar-refractivity contribution in [2.24, 2.45) is 5.73 Å². The molecule has 5 nitrogen and oxygen atoms in total. The Bertz CT molecular complexity index is 836. The second kappa shape index (κ2) is 6.55. The van der Waals surface area contributed by atoms with Crippen molar-refractivity contribution in [3.05, 3.63) is 65.0 Å². The van der Waals surface area contributed by atoms with Crippen molar-refractivity contribution in [1.29, 1.82) is 5.41 Å². The number of fused-ring (bicyclic) bond motifs is 1. The summed E-state index contributed by atoms with van der Waals surface area (Å²) in [7, 11) is 0. The van der Waals surface area contributed by atoms with E-state index in [1.165, 1.54) is 23.1 Å². The third-order valence-corrected chi connectivity index (χ3v) is 5.35. The average Bonchev–Trinajstić information content (AvgIpc) is 2.80. The molecule has 1 aliphatic heterocycles. The molecule has 24 heavy (non-hydrogen) atoms. The number of anilines is 1. The van der Waals surface area contributed by atoms with E-state index in [0.717, 1.165) is 16.4 Å². The number of amidine groups is 1. The Hall–Kier alpha value is -2.50. The van der Waals surface area contributed by atoms with Crippen LogP contribution in [0.5, 0.6) is 0 Å². The summed E-state index contributed by atoms with van der Waals surface area (Å²) in [5.41, 5.74) is 7.37. The van der Waals surface area contributed by atoms with E-state index >= 15 is 0 Å². The minimum absolute atomic E-state index is 0.0523. The third kappa shape index (κ3) is 3.09. The first-order valence-corrected chi connectivity index (χ1v) is 9.23. The molecule has 0 saturated heterocycles. The molecule has 0 saturated carbocycles. The molecule has 1 amide bonds. The van der Waals surface area contributed by atoms with E-state index in [1.807, 2.05) is 24.3 Å². The molecule has 7 heteroatoms. The fraction of sp³-hybridized carbons (Fsp3) is 0.118. The van der Waals surface area contributed by atoms with Gasteiger partial charge in [0.05, 0.1) is 0 Å². The van der Waals surface area contributed by atoms with E-state index in [1.54, 1.807) is 0 Å². The molecule has 1 aliphatic rings. The molecular weight excluding hydrogens is 376 g/mol. The molecule has 0 atom stereocenters. The van der Waals surface area contributed by atoms with Crippen LogP contribution in [0.1, 0.15) is 21.5 Å². The van der Waals surface area contributed by atoms with Crippen LogP contribution in [0.2, 0.25) is 0 Å². The summed E-state index contributed by atoms with van der Waals surface area (Å²) in [6, 6.07) is 11.6. The molecule has 3 rings (SSSR count). The van der Waals surface area contributed by atoms with Crippen LogP contribution in [0.15, 0.2) is 42.5 Å². The number of hydrogen-bond donors (Lipinski definition) is 2. The predicted molar refractivity (Wildman–Crippen MR) is 89.7 cm³/mol.